The SMILES string of the molecule is CC(C)C[C@H](NC(=O)[C@@H]1COCCCCCC(=O)N2CC[C@H]2C(=O)N1)C(=O)[C@@]1(C)CO1. The van der Waals surface area contributed by atoms with Gasteiger partial charge in [0.25, 0.3) is 0 Å². The molecule has 3 rings (SSSR count). The zero-order valence-corrected chi connectivity index (χ0v) is 18.8. The van der Waals surface area contributed by atoms with Gasteiger partial charge in [0.05, 0.1) is 19.3 Å². The van der Waals surface area contributed by atoms with Crippen LogP contribution in [0.1, 0.15) is 59.3 Å². The molecule has 3 saturated heterocycles. The molecule has 3 heterocycles. The van der Waals surface area contributed by atoms with Crippen molar-refractivity contribution >= 4 is 23.5 Å². The van der Waals surface area contributed by atoms with E-state index in [9.17, 15) is 19.2 Å². The fourth-order valence-corrected chi connectivity index (χ4v) is 4.01. The van der Waals surface area contributed by atoms with Crippen molar-refractivity contribution in [2.45, 2.75) is 83.0 Å². The molecule has 3 fully saturated rings. The van der Waals surface area contributed by atoms with Gasteiger partial charge in [-0.25, -0.2) is 0 Å². The third-order valence-electron chi connectivity index (χ3n) is 6.18. The predicted octanol–water partition coefficient (Wildman–Crippen LogP) is 0.552. The quantitative estimate of drug-likeness (QED) is 0.586. The highest BCUT2D eigenvalue weighted by molar-refractivity contribution is 5.98. The fourth-order valence-electron chi connectivity index (χ4n) is 4.01. The lowest BCUT2D eigenvalue weighted by Gasteiger charge is -2.40. The molecule has 0 bridgehead atoms. The van der Waals surface area contributed by atoms with Crippen molar-refractivity contribution in [2.75, 3.05) is 26.4 Å². The Bertz CT molecular complexity index is 705. The van der Waals surface area contributed by atoms with E-state index in [2.05, 4.69) is 10.6 Å². The van der Waals surface area contributed by atoms with Gasteiger partial charge >= 0.3 is 0 Å². The minimum atomic E-state index is -0.929. The van der Waals surface area contributed by atoms with Gasteiger partial charge in [-0.15, -0.1) is 0 Å². The molecule has 9 heteroatoms. The van der Waals surface area contributed by atoms with Crippen LogP contribution in [0.15, 0.2) is 0 Å². The number of Topliss-reactive ketones (excluding diaryl/α,β-unsaturated/α-hetero) is 1. The Morgan fingerprint density at radius 3 is 2.61 bits per heavy atom. The van der Waals surface area contributed by atoms with Crippen LogP contribution in [0.25, 0.3) is 0 Å². The molecule has 0 radical (unpaired) electrons. The average Bonchev–Trinajstić information content (AvgIpc) is 3.41. The molecular weight excluding hydrogens is 402 g/mol. The Labute approximate surface area is 183 Å². The van der Waals surface area contributed by atoms with Crippen LogP contribution in [-0.2, 0) is 28.7 Å². The molecule has 0 aromatic carbocycles. The van der Waals surface area contributed by atoms with Crippen LogP contribution in [-0.4, -0.2) is 78.5 Å². The summed E-state index contributed by atoms with van der Waals surface area (Å²) in [5.74, 6) is -0.789. The lowest BCUT2D eigenvalue weighted by Crippen LogP contribution is -2.62. The Morgan fingerprint density at radius 2 is 2.00 bits per heavy atom. The zero-order valence-electron chi connectivity index (χ0n) is 18.8. The first-order valence-corrected chi connectivity index (χ1v) is 11.4. The van der Waals surface area contributed by atoms with Gasteiger partial charge in [0.15, 0.2) is 5.78 Å². The van der Waals surface area contributed by atoms with Crippen LogP contribution in [0.3, 0.4) is 0 Å². The van der Waals surface area contributed by atoms with Gasteiger partial charge in [0, 0.05) is 19.6 Å². The van der Waals surface area contributed by atoms with Gasteiger partial charge in [-0.05, 0) is 38.5 Å². The first kappa shape index (κ1) is 23.7. The van der Waals surface area contributed by atoms with Crippen LogP contribution in [0.5, 0.6) is 0 Å². The first-order valence-electron chi connectivity index (χ1n) is 11.4. The third kappa shape index (κ3) is 6.04. The molecule has 174 valence electrons. The van der Waals surface area contributed by atoms with Crippen molar-refractivity contribution in [1.29, 1.82) is 0 Å². The molecule has 3 aliphatic heterocycles. The number of epoxide rings is 1. The lowest BCUT2D eigenvalue weighted by atomic mass is 9.93. The van der Waals surface area contributed by atoms with E-state index in [1.807, 2.05) is 13.8 Å². The molecule has 0 aromatic heterocycles. The van der Waals surface area contributed by atoms with Gasteiger partial charge in [0.2, 0.25) is 17.7 Å². The number of carbonyl (C=O) groups is 4. The Morgan fingerprint density at radius 1 is 1.26 bits per heavy atom. The van der Waals surface area contributed by atoms with E-state index in [1.165, 1.54) is 0 Å². The van der Waals surface area contributed by atoms with E-state index in [0.29, 0.717) is 39.0 Å². The summed E-state index contributed by atoms with van der Waals surface area (Å²) in [7, 11) is 0. The van der Waals surface area contributed by atoms with Gasteiger partial charge in [0.1, 0.15) is 17.7 Å². The summed E-state index contributed by atoms with van der Waals surface area (Å²) in [5.41, 5.74) is -0.843. The van der Waals surface area contributed by atoms with Crippen molar-refractivity contribution in [1.82, 2.24) is 15.5 Å². The summed E-state index contributed by atoms with van der Waals surface area (Å²) in [6.45, 7) is 7.07. The number of amides is 3. The number of nitrogens with one attached hydrogen (secondary N) is 2. The van der Waals surface area contributed by atoms with E-state index in [0.717, 1.165) is 19.3 Å². The topological polar surface area (TPSA) is 117 Å². The number of hydrogen-bond acceptors (Lipinski definition) is 6. The van der Waals surface area contributed by atoms with E-state index in [4.69, 9.17) is 9.47 Å². The number of rotatable bonds is 6. The molecule has 0 aliphatic carbocycles. The van der Waals surface area contributed by atoms with Crippen LogP contribution in [0.2, 0.25) is 0 Å². The Kier molecular flexibility index (Phi) is 7.69. The van der Waals surface area contributed by atoms with Crippen LogP contribution >= 0.6 is 0 Å². The highest BCUT2D eigenvalue weighted by atomic mass is 16.6. The smallest absolute Gasteiger partial charge is 0.245 e. The van der Waals surface area contributed by atoms with Crippen LogP contribution in [0.4, 0.5) is 0 Å². The maximum absolute atomic E-state index is 13.1. The molecule has 31 heavy (non-hydrogen) atoms. The van der Waals surface area contributed by atoms with Crippen molar-refractivity contribution < 1.29 is 28.7 Å². The first-order chi connectivity index (χ1) is 14.7. The van der Waals surface area contributed by atoms with Crippen molar-refractivity contribution in [2.24, 2.45) is 5.92 Å². The normalized spacial score (nSPS) is 30.6. The monoisotopic (exact) mass is 437 g/mol. The second-order valence-electron chi connectivity index (χ2n) is 9.41. The average molecular weight is 438 g/mol. The second kappa shape index (κ2) is 10.1. The van der Waals surface area contributed by atoms with E-state index in [1.54, 1.807) is 11.8 Å². The van der Waals surface area contributed by atoms with Crippen molar-refractivity contribution in [3.05, 3.63) is 0 Å². The molecule has 0 unspecified atom stereocenters. The number of ketones is 1. The zero-order chi connectivity index (χ0) is 22.6. The van der Waals surface area contributed by atoms with E-state index in [-0.39, 0.29) is 30.1 Å². The van der Waals surface area contributed by atoms with Crippen molar-refractivity contribution in [3.63, 3.8) is 0 Å². The predicted molar refractivity (Wildman–Crippen MR) is 112 cm³/mol. The van der Waals surface area contributed by atoms with Crippen LogP contribution < -0.4 is 10.6 Å². The lowest BCUT2D eigenvalue weighted by molar-refractivity contribution is -0.148. The van der Waals surface area contributed by atoms with Gasteiger partial charge < -0.3 is 25.0 Å². The minimum Gasteiger partial charge on any atom is -0.379 e. The number of hydrogen-bond donors (Lipinski definition) is 2. The van der Waals surface area contributed by atoms with Crippen LogP contribution in [0, 0.1) is 5.92 Å². The highest BCUT2D eigenvalue weighted by Crippen LogP contribution is 2.29. The number of ether oxygens (including phenoxy) is 2. The summed E-state index contributed by atoms with van der Waals surface area (Å²) in [4.78, 5) is 52.6. The number of nitrogens with zero attached hydrogens (tertiary/aromatic N) is 1. The molecule has 0 saturated carbocycles. The molecule has 0 aromatic rings. The summed E-state index contributed by atoms with van der Waals surface area (Å²) in [5, 5.41) is 5.57. The van der Waals surface area contributed by atoms with Gasteiger partial charge in [-0.2, -0.15) is 0 Å². The molecule has 3 aliphatic rings. The summed E-state index contributed by atoms with van der Waals surface area (Å²) >= 11 is 0. The summed E-state index contributed by atoms with van der Waals surface area (Å²) < 4.78 is 10.9. The standard InChI is InChI=1S/C22H35N3O6/c1-14(2)11-15(19(27)22(3)13-31-22)23-20(28)16-12-30-10-6-4-5-7-18(26)25-9-8-17(25)21(29)24-16/h14-17H,4-13H2,1-3H3,(H,23,28)(H,24,29)/t15-,16-,17-,22+/m0/s1. The molecule has 9 nitrogen and oxygen atoms in total. The Hall–Kier alpha value is -2.00. The van der Waals surface area contributed by atoms with Gasteiger partial charge in [-0.1, -0.05) is 20.3 Å². The molecule has 2 N–H and O–H groups in total. The molecule has 0 spiro atoms. The highest BCUT2D eigenvalue weighted by Gasteiger charge is 2.50. The molecule has 3 amide bonds. The maximum Gasteiger partial charge on any atom is 0.245 e. The molecule has 4 atom stereocenters. The van der Waals surface area contributed by atoms with Gasteiger partial charge in [-0.3, -0.25) is 19.2 Å². The number of fused-ring (bicyclic) bond motifs is 1. The Balaban J connectivity index is 1.68. The second-order valence-corrected chi connectivity index (χ2v) is 9.41. The third-order valence-corrected chi connectivity index (χ3v) is 6.18. The van der Waals surface area contributed by atoms with Crippen molar-refractivity contribution in [3.8, 4) is 0 Å². The number of carbonyl (C=O) groups excluding carboxylic acids is 4. The molecular formula is C22H35N3O6. The minimum absolute atomic E-state index is 0.0205. The largest absolute Gasteiger partial charge is 0.379 e. The maximum atomic E-state index is 13.1. The summed E-state index contributed by atoms with van der Waals surface area (Å²) in [6, 6.07) is -2.17. The fraction of sp³-hybridized carbons (Fsp3) is 0.818. The summed E-state index contributed by atoms with van der Waals surface area (Å²) in [6.07, 6.45) is 3.88. The van der Waals surface area contributed by atoms with E-state index < -0.39 is 29.6 Å². The van der Waals surface area contributed by atoms with E-state index >= 15 is 0 Å².